The molecular weight excluding hydrogens is 292 g/mol. The predicted molar refractivity (Wildman–Crippen MR) is 81.7 cm³/mol. The number of carbonyl (C=O) groups excluding carboxylic acids is 1. The number of nitrogens with zero attached hydrogens (tertiary/aromatic N) is 1. The van der Waals surface area contributed by atoms with Crippen molar-refractivity contribution in [3.05, 3.63) is 28.8 Å². The number of rotatable bonds is 7. The molecule has 1 amide bonds. The number of carboxylic acid groups (broad SMARTS) is 1. The summed E-state index contributed by atoms with van der Waals surface area (Å²) in [6.07, 6.45) is 2.12. The smallest absolute Gasteiger partial charge is 0.304 e. The van der Waals surface area contributed by atoms with E-state index >= 15 is 0 Å². The van der Waals surface area contributed by atoms with Gasteiger partial charge in [0.2, 0.25) is 5.91 Å². The minimum absolute atomic E-state index is 0.0557. The first-order valence-corrected chi connectivity index (χ1v) is 7.35. The summed E-state index contributed by atoms with van der Waals surface area (Å²) in [6, 6.07) is 5.71. The lowest BCUT2D eigenvalue weighted by Gasteiger charge is -2.20. The summed E-state index contributed by atoms with van der Waals surface area (Å²) in [7, 11) is 0. The van der Waals surface area contributed by atoms with Gasteiger partial charge in [-0.05, 0) is 37.5 Å². The van der Waals surface area contributed by atoms with Crippen molar-refractivity contribution in [1.82, 2.24) is 4.90 Å². The fraction of sp³-hybridized carbons (Fsp3) is 0.467. The maximum Gasteiger partial charge on any atom is 0.304 e. The molecule has 1 aromatic carbocycles. The average molecular weight is 311 g/mol. The highest BCUT2D eigenvalue weighted by Crippen LogP contribution is 2.27. The van der Waals surface area contributed by atoms with Gasteiger partial charge in [-0.25, -0.2) is 0 Å². The van der Waals surface area contributed by atoms with Crippen molar-refractivity contribution in [3.63, 3.8) is 0 Å². The van der Waals surface area contributed by atoms with Gasteiger partial charge in [-0.3, -0.25) is 14.5 Å². The van der Waals surface area contributed by atoms with Crippen LogP contribution in [-0.2, 0) is 9.59 Å². The van der Waals surface area contributed by atoms with Crippen LogP contribution in [0.2, 0.25) is 5.02 Å². The van der Waals surface area contributed by atoms with Gasteiger partial charge in [0, 0.05) is 23.3 Å². The fourth-order valence-corrected chi connectivity index (χ4v) is 2.31. The molecule has 1 aliphatic carbocycles. The van der Waals surface area contributed by atoms with Crippen LogP contribution >= 0.6 is 11.6 Å². The number of hydrogen-bond donors (Lipinski definition) is 2. The summed E-state index contributed by atoms with van der Waals surface area (Å²) < 4.78 is 0. The van der Waals surface area contributed by atoms with Crippen LogP contribution in [0.5, 0.6) is 0 Å². The molecule has 0 heterocycles. The van der Waals surface area contributed by atoms with Crippen molar-refractivity contribution < 1.29 is 14.7 Å². The van der Waals surface area contributed by atoms with Crippen molar-refractivity contribution in [2.45, 2.75) is 32.2 Å². The monoisotopic (exact) mass is 310 g/mol. The Labute approximate surface area is 128 Å². The third kappa shape index (κ3) is 5.02. The highest BCUT2D eigenvalue weighted by Gasteiger charge is 2.30. The molecule has 2 N–H and O–H groups in total. The maximum atomic E-state index is 12.1. The van der Waals surface area contributed by atoms with Crippen molar-refractivity contribution in [1.29, 1.82) is 0 Å². The van der Waals surface area contributed by atoms with Crippen LogP contribution in [-0.4, -0.2) is 41.0 Å². The first kappa shape index (κ1) is 15.8. The van der Waals surface area contributed by atoms with E-state index in [9.17, 15) is 9.59 Å². The number of anilines is 1. The van der Waals surface area contributed by atoms with Crippen LogP contribution in [0.3, 0.4) is 0 Å². The molecule has 1 aromatic rings. The average Bonchev–Trinajstić information content (AvgIpc) is 3.23. The molecule has 0 bridgehead atoms. The Morgan fingerprint density at radius 3 is 2.71 bits per heavy atom. The van der Waals surface area contributed by atoms with E-state index in [1.54, 1.807) is 12.1 Å². The van der Waals surface area contributed by atoms with E-state index in [1.807, 2.05) is 17.9 Å². The first-order valence-electron chi connectivity index (χ1n) is 6.97. The van der Waals surface area contributed by atoms with Gasteiger partial charge in [-0.15, -0.1) is 0 Å². The van der Waals surface area contributed by atoms with Crippen LogP contribution in [0, 0.1) is 6.92 Å². The second-order valence-electron chi connectivity index (χ2n) is 5.36. The van der Waals surface area contributed by atoms with E-state index in [-0.39, 0.29) is 18.9 Å². The Balaban J connectivity index is 1.89. The lowest BCUT2D eigenvalue weighted by molar-refractivity contribution is -0.137. The van der Waals surface area contributed by atoms with Crippen molar-refractivity contribution in [3.8, 4) is 0 Å². The van der Waals surface area contributed by atoms with Gasteiger partial charge in [0.15, 0.2) is 0 Å². The van der Waals surface area contributed by atoms with Crippen molar-refractivity contribution >= 4 is 29.2 Å². The quantitative estimate of drug-likeness (QED) is 0.812. The molecule has 0 atom stereocenters. The summed E-state index contributed by atoms with van der Waals surface area (Å²) in [5, 5.41) is 12.2. The Bertz CT molecular complexity index is 544. The van der Waals surface area contributed by atoms with Gasteiger partial charge in [0.1, 0.15) is 0 Å². The van der Waals surface area contributed by atoms with Gasteiger partial charge >= 0.3 is 5.97 Å². The highest BCUT2D eigenvalue weighted by molar-refractivity contribution is 6.31. The summed E-state index contributed by atoms with van der Waals surface area (Å²) in [6.45, 7) is 2.51. The Morgan fingerprint density at radius 2 is 2.14 bits per heavy atom. The summed E-state index contributed by atoms with van der Waals surface area (Å²) >= 11 is 6.02. The molecule has 1 fully saturated rings. The maximum absolute atomic E-state index is 12.1. The van der Waals surface area contributed by atoms with Crippen LogP contribution in [0.1, 0.15) is 24.8 Å². The number of aryl methyl sites for hydroxylation is 1. The Morgan fingerprint density at radius 1 is 1.43 bits per heavy atom. The lowest BCUT2D eigenvalue weighted by atomic mass is 10.2. The number of hydrogen-bond acceptors (Lipinski definition) is 3. The third-order valence-corrected chi connectivity index (χ3v) is 3.89. The summed E-state index contributed by atoms with van der Waals surface area (Å²) in [5.74, 6) is -0.987. The van der Waals surface area contributed by atoms with Gasteiger partial charge in [-0.1, -0.05) is 17.7 Å². The van der Waals surface area contributed by atoms with E-state index in [4.69, 9.17) is 16.7 Å². The van der Waals surface area contributed by atoms with E-state index in [2.05, 4.69) is 5.32 Å². The molecule has 0 aliphatic heterocycles. The third-order valence-electron chi connectivity index (χ3n) is 3.48. The van der Waals surface area contributed by atoms with Crippen LogP contribution in [0.15, 0.2) is 18.2 Å². The van der Waals surface area contributed by atoms with E-state index < -0.39 is 5.97 Å². The molecule has 0 saturated heterocycles. The number of amides is 1. The van der Waals surface area contributed by atoms with Crippen LogP contribution in [0.4, 0.5) is 5.69 Å². The summed E-state index contributed by atoms with van der Waals surface area (Å²) in [5.41, 5.74) is 1.61. The zero-order chi connectivity index (χ0) is 15.4. The predicted octanol–water partition coefficient (Wildman–Crippen LogP) is 2.53. The Hall–Kier alpha value is -1.59. The molecule has 21 heavy (non-hydrogen) atoms. The highest BCUT2D eigenvalue weighted by atomic mass is 35.5. The molecular formula is C15H19ClN2O3. The van der Waals surface area contributed by atoms with Crippen LogP contribution < -0.4 is 5.32 Å². The molecule has 6 heteroatoms. The van der Waals surface area contributed by atoms with Gasteiger partial charge in [0.05, 0.1) is 13.0 Å². The van der Waals surface area contributed by atoms with E-state index in [0.717, 1.165) is 18.4 Å². The number of halogens is 1. The molecule has 1 aliphatic rings. The van der Waals surface area contributed by atoms with Crippen LogP contribution in [0.25, 0.3) is 0 Å². The molecule has 0 spiro atoms. The second-order valence-corrected chi connectivity index (χ2v) is 5.76. The number of nitrogens with one attached hydrogen (secondary N) is 1. The number of aliphatic carboxylic acids is 1. The first-order chi connectivity index (χ1) is 9.95. The lowest BCUT2D eigenvalue weighted by Crippen LogP contribution is -2.36. The minimum Gasteiger partial charge on any atom is -0.481 e. The van der Waals surface area contributed by atoms with Gasteiger partial charge in [-0.2, -0.15) is 0 Å². The largest absolute Gasteiger partial charge is 0.481 e. The normalized spacial score (nSPS) is 14.2. The SMILES string of the molecule is Cc1ccc(NC(=O)CN(CCC(=O)O)C2CC2)cc1Cl. The zero-order valence-corrected chi connectivity index (χ0v) is 12.7. The van der Waals surface area contributed by atoms with Gasteiger partial charge in [0.25, 0.3) is 0 Å². The Kier molecular flexibility index (Phi) is 5.20. The van der Waals surface area contributed by atoms with Crippen molar-refractivity contribution in [2.75, 3.05) is 18.4 Å². The molecule has 5 nitrogen and oxygen atoms in total. The number of benzene rings is 1. The fourth-order valence-electron chi connectivity index (χ4n) is 2.13. The molecule has 0 unspecified atom stereocenters. The standard InChI is InChI=1S/C15H19ClN2O3/c1-10-2-3-11(8-13(10)16)17-14(19)9-18(12-4-5-12)7-6-15(20)21/h2-3,8,12H,4-7,9H2,1H3,(H,17,19)(H,20,21). The molecule has 0 radical (unpaired) electrons. The van der Waals surface area contributed by atoms with E-state index in [0.29, 0.717) is 23.3 Å². The molecule has 1 saturated carbocycles. The second kappa shape index (κ2) is 6.91. The molecule has 114 valence electrons. The molecule has 0 aromatic heterocycles. The summed E-state index contributed by atoms with van der Waals surface area (Å²) in [4.78, 5) is 24.6. The van der Waals surface area contributed by atoms with Crippen molar-refractivity contribution in [2.24, 2.45) is 0 Å². The topological polar surface area (TPSA) is 69.6 Å². The zero-order valence-electron chi connectivity index (χ0n) is 11.9. The van der Waals surface area contributed by atoms with E-state index in [1.165, 1.54) is 0 Å². The van der Waals surface area contributed by atoms with Gasteiger partial charge < -0.3 is 10.4 Å². The minimum atomic E-state index is -0.841. The molecule has 2 rings (SSSR count). The number of carbonyl (C=O) groups is 2. The number of carboxylic acids is 1.